The van der Waals surface area contributed by atoms with E-state index >= 15 is 0 Å². The second-order valence-corrected chi connectivity index (χ2v) is 3.17. The zero-order valence-electron chi connectivity index (χ0n) is 7.89. The van der Waals surface area contributed by atoms with E-state index in [2.05, 4.69) is 11.8 Å². The maximum atomic E-state index is 12.9. The van der Waals surface area contributed by atoms with Gasteiger partial charge in [-0.15, -0.1) is 11.6 Å². The zero-order valence-corrected chi connectivity index (χ0v) is 8.64. The predicted octanol–water partition coefficient (Wildman–Crippen LogP) is 1.91. The molecule has 1 rings (SSSR count). The molecule has 0 aromatic heterocycles. The number of hydrogen-bond donors (Lipinski definition) is 1. The lowest BCUT2D eigenvalue weighted by atomic mass is 10.1. The topological polar surface area (TPSA) is 43.1 Å². The first-order chi connectivity index (χ1) is 7.15. The van der Waals surface area contributed by atoms with Crippen molar-refractivity contribution in [1.29, 1.82) is 0 Å². The van der Waals surface area contributed by atoms with Crippen molar-refractivity contribution in [2.24, 2.45) is 5.73 Å². The summed E-state index contributed by atoms with van der Waals surface area (Å²) in [6.45, 7) is 0. The largest absolute Gasteiger partial charge is 0.366 e. The normalized spacial score (nSPS) is 9.20. The third-order valence-corrected chi connectivity index (χ3v) is 1.88. The van der Waals surface area contributed by atoms with Crippen LogP contribution in [0.4, 0.5) is 4.39 Å². The van der Waals surface area contributed by atoms with Crippen molar-refractivity contribution in [1.82, 2.24) is 0 Å². The van der Waals surface area contributed by atoms with Gasteiger partial charge in [0.1, 0.15) is 5.82 Å². The molecule has 0 bridgehead atoms. The minimum Gasteiger partial charge on any atom is -0.366 e. The van der Waals surface area contributed by atoms with Gasteiger partial charge in [-0.2, -0.15) is 0 Å². The van der Waals surface area contributed by atoms with Crippen molar-refractivity contribution in [3.63, 3.8) is 0 Å². The van der Waals surface area contributed by atoms with Gasteiger partial charge in [-0.3, -0.25) is 4.79 Å². The molecule has 0 saturated carbocycles. The Labute approximate surface area is 92.2 Å². The average Bonchev–Trinajstić information content (AvgIpc) is 2.18. The fraction of sp³-hybridized carbons (Fsp3) is 0.182. The number of benzene rings is 1. The molecule has 2 nitrogen and oxygen atoms in total. The van der Waals surface area contributed by atoms with Crippen molar-refractivity contribution in [2.45, 2.75) is 6.42 Å². The highest BCUT2D eigenvalue weighted by Crippen LogP contribution is 2.09. The molecule has 78 valence electrons. The van der Waals surface area contributed by atoms with Gasteiger partial charge in [-0.1, -0.05) is 11.8 Å². The Morgan fingerprint density at radius 1 is 1.53 bits per heavy atom. The third-order valence-electron chi connectivity index (χ3n) is 1.69. The Morgan fingerprint density at radius 3 is 2.87 bits per heavy atom. The Hall–Kier alpha value is -1.53. The van der Waals surface area contributed by atoms with Crippen LogP contribution >= 0.6 is 11.6 Å². The minimum absolute atomic E-state index is 0.221. The fourth-order valence-corrected chi connectivity index (χ4v) is 1.13. The Kier molecular flexibility index (Phi) is 4.14. The van der Waals surface area contributed by atoms with E-state index in [1.54, 1.807) is 0 Å². The van der Waals surface area contributed by atoms with Crippen molar-refractivity contribution in [2.75, 3.05) is 5.88 Å². The molecule has 0 aliphatic rings. The van der Waals surface area contributed by atoms with Crippen LogP contribution in [-0.2, 0) is 0 Å². The first-order valence-electron chi connectivity index (χ1n) is 4.29. The van der Waals surface area contributed by atoms with Gasteiger partial charge < -0.3 is 5.73 Å². The molecule has 0 aliphatic heterocycles. The molecule has 0 saturated heterocycles. The summed E-state index contributed by atoms with van der Waals surface area (Å²) in [5.41, 5.74) is 5.63. The molecule has 0 heterocycles. The third kappa shape index (κ3) is 3.26. The molecular formula is C11H9ClFNO. The number of amides is 1. The summed E-state index contributed by atoms with van der Waals surface area (Å²) >= 11 is 5.43. The Morgan fingerprint density at radius 2 is 2.27 bits per heavy atom. The number of nitrogens with two attached hydrogens (primary N) is 1. The van der Waals surface area contributed by atoms with Gasteiger partial charge in [0.2, 0.25) is 5.91 Å². The first kappa shape index (κ1) is 11.5. The molecule has 4 heteroatoms. The van der Waals surface area contributed by atoms with Gasteiger partial charge >= 0.3 is 0 Å². The van der Waals surface area contributed by atoms with Gasteiger partial charge in [0.15, 0.2) is 0 Å². The summed E-state index contributed by atoms with van der Waals surface area (Å²) in [5.74, 6) is 4.71. The van der Waals surface area contributed by atoms with Crippen LogP contribution in [0.5, 0.6) is 0 Å². The Balaban J connectivity index is 3.09. The monoisotopic (exact) mass is 225 g/mol. The van der Waals surface area contributed by atoms with Crippen LogP contribution in [0.2, 0.25) is 0 Å². The van der Waals surface area contributed by atoms with Gasteiger partial charge in [-0.25, -0.2) is 4.39 Å². The summed E-state index contributed by atoms with van der Waals surface area (Å²) in [6, 6.07) is 3.68. The lowest BCUT2D eigenvalue weighted by Crippen LogP contribution is -2.12. The zero-order chi connectivity index (χ0) is 11.3. The van der Waals surface area contributed by atoms with E-state index in [1.165, 1.54) is 18.2 Å². The van der Waals surface area contributed by atoms with E-state index in [4.69, 9.17) is 17.3 Å². The van der Waals surface area contributed by atoms with Crippen LogP contribution < -0.4 is 5.73 Å². The molecule has 1 aromatic rings. The van der Waals surface area contributed by atoms with E-state index in [0.717, 1.165) is 0 Å². The van der Waals surface area contributed by atoms with Gasteiger partial charge in [0, 0.05) is 17.9 Å². The number of primary amides is 1. The molecular weight excluding hydrogens is 217 g/mol. The van der Waals surface area contributed by atoms with E-state index in [1.807, 2.05) is 0 Å². The van der Waals surface area contributed by atoms with Crippen LogP contribution in [0.15, 0.2) is 18.2 Å². The molecule has 2 N–H and O–H groups in total. The molecule has 15 heavy (non-hydrogen) atoms. The van der Waals surface area contributed by atoms with E-state index in [-0.39, 0.29) is 5.56 Å². The second-order valence-electron chi connectivity index (χ2n) is 2.79. The SMILES string of the molecule is NC(=O)c1ccc(F)cc1C#CCCCl. The van der Waals surface area contributed by atoms with E-state index in [9.17, 15) is 9.18 Å². The average molecular weight is 226 g/mol. The number of carbonyl (C=O) groups excluding carboxylic acids is 1. The van der Waals surface area contributed by atoms with Gasteiger partial charge in [0.05, 0.1) is 5.56 Å². The fourth-order valence-electron chi connectivity index (χ4n) is 1.04. The van der Waals surface area contributed by atoms with E-state index < -0.39 is 11.7 Å². The summed E-state index contributed by atoms with van der Waals surface area (Å²) in [7, 11) is 0. The molecule has 0 unspecified atom stereocenters. The van der Waals surface area contributed by atoms with Crippen molar-refractivity contribution in [3.05, 3.63) is 35.1 Å². The molecule has 0 aliphatic carbocycles. The molecule has 1 aromatic carbocycles. The summed E-state index contributed by atoms with van der Waals surface area (Å²) < 4.78 is 12.9. The first-order valence-corrected chi connectivity index (χ1v) is 4.83. The summed E-state index contributed by atoms with van der Waals surface area (Å²) in [6.07, 6.45) is 0.482. The van der Waals surface area contributed by atoms with Crippen LogP contribution in [0.1, 0.15) is 22.3 Å². The number of rotatable bonds is 2. The van der Waals surface area contributed by atoms with Crippen LogP contribution in [-0.4, -0.2) is 11.8 Å². The van der Waals surface area contributed by atoms with Crippen LogP contribution in [0.3, 0.4) is 0 Å². The molecule has 0 atom stereocenters. The van der Waals surface area contributed by atoms with E-state index in [0.29, 0.717) is 17.9 Å². The number of hydrogen-bond acceptors (Lipinski definition) is 1. The highest BCUT2D eigenvalue weighted by molar-refractivity contribution is 6.18. The highest BCUT2D eigenvalue weighted by atomic mass is 35.5. The van der Waals surface area contributed by atoms with Gasteiger partial charge in [-0.05, 0) is 18.2 Å². The number of carbonyl (C=O) groups is 1. The van der Waals surface area contributed by atoms with Crippen molar-refractivity contribution >= 4 is 17.5 Å². The molecule has 0 radical (unpaired) electrons. The predicted molar refractivity (Wildman–Crippen MR) is 57.1 cm³/mol. The molecule has 0 spiro atoms. The lowest BCUT2D eigenvalue weighted by Gasteiger charge is -1.99. The number of halogens is 2. The van der Waals surface area contributed by atoms with Gasteiger partial charge in [0.25, 0.3) is 0 Å². The van der Waals surface area contributed by atoms with Crippen LogP contribution in [0.25, 0.3) is 0 Å². The standard InChI is InChI=1S/C11H9ClFNO/c12-6-2-1-3-8-7-9(13)4-5-10(8)11(14)15/h4-5,7H,2,6H2,(H2,14,15). The van der Waals surface area contributed by atoms with Crippen molar-refractivity contribution in [3.8, 4) is 11.8 Å². The maximum Gasteiger partial charge on any atom is 0.249 e. The second kappa shape index (κ2) is 5.38. The highest BCUT2D eigenvalue weighted by Gasteiger charge is 2.06. The number of alkyl halides is 1. The van der Waals surface area contributed by atoms with Crippen LogP contribution in [0, 0.1) is 17.7 Å². The molecule has 0 fully saturated rings. The molecule has 1 amide bonds. The summed E-state index contributed by atoms with van der Waals surface area (Å²) in [5, 5.41) is 0. The maximum absolute atomic E-state index is 12.9. The summed E-state index contributed by atoms with van der Waals surface area (Å²) in [4.78, 5) is 11.0. The quantitative estimate of drug-likeness (QED) is 0.606. The minimum atomic E-state index is -0.620. The van der Waals surface area contributed by atoms with Crippen molar-refractivity contribution < 1.29 is 9.18 Å². The lowest BCUT2D eigenvalue weighted by molar-refractivity contribution is 0.1000. The Bertz CT molecular complexity index is 434. The smallest absolute Gasteiger partial charge is 0.249 e.